The van der Waals surface area contributed by atoms with Crippen molar-refractivity contribution in [1.82, 2.24) is 0 Å². The monoisotopic (exact) mass is 362 g/mol. The number of hydrogen-bond acceptors (Lipinski definition) is 2. The molecule has 0 aromatic heterocycles. The molecule has 0 aliphatic rings. The highest BCUT2D eigenvalue weighted by Gasteiger charge is 2.15. The van der Waals surface area contributed by atoms with Crippen molar-refractivity contribution in [3.63, 3.8) is 0 Å². The Labute approximate surface area is 137 Å². The summed E-state index contributed by atoms with van der Waals surface area (Å²) in [5.74, 6) is -0.0838. The number of aryl methyl sites for hydroxylation is 1. The fourth-order valence-corrected chi connectivity index (χ4v) is 2.77. The summed E-state index contributed by atoms with van der Waals surface area (Å²) in [5, 5.41) is 0. The van der Waals surface area contributed by atoms with Crippen molar-refractivity contribution < 1.29 is 4.79 Å². The van der Waals surface area contributed by atoms with Crippen LogP contribution in [0.25, 0.3) is 0 Å². The van der Waals surface area contributed by atoms with E-state index < -0.39 is 0 Å². The van der Waals surface area contributed by atoms with Crippen molar-refractivity contribution in [3.8, 4) is 0 Å². The van der Waals surface area contributed by atoms with Gasteiger partial charge in [-0.15, -0.1) is 0 Å². The molecule has 2 aromatic carbocycles. The standard InChI is InChI=1S/C16H15BrN2OS/c1-10-6-12(8-13(17)7-10)16(20)19(2)14-5-3-4-11(9-14)15(18)21/h3-9H,1-2H3,(H2,18,21). The van der Waals surface area contributed by atoms with Crippen LogP contribution in [0.1, 0.15) is 21.5 Å². The first-order valence-corrected chi connectivity index (χ1v) is 7.53. The zero-order chi connectivity index (χ0) is 15.6. The van der Waals surface area contributed by atoms with E-state index in [4.69, 9.17) is 18.0 Å². The number of nitrogens with two attached hydrogens (primary N) is 1. The number of hydrogen-bond donors (Lipinski definition) is 1. The van der Waals surface area contributed by atoms with E-state index in [2.05, 4.69) is 15.9 Å². The molecule has 0 saturated carbocycles. The van der Waals surface area contributed by atoms with Crippen molar-refractivity contribution in [1.29, 1.82) is 0 Å². The zero-order valence-electron chi connectivity index (χ0n) is 11.8. The minimum atomic E-state index is -0.0838. The second kappa shape index (κ2) is 6.37. The molecule has 2 rings (SSSR count). The van der Waals surface area contributed by atoms with Crippen LogP contribution in [0.4, 0.5) is 5.69 Å². The van der Waals surface area contributed by atoms with E-state index in [1.54, 1.807) is 11.9 Å². The smallest absolute Gasteiger partial charge is 0.258 e. The average Bonchev–Trinajstić information content (AvgIpc) is 2.44. The van der Waals surface area contributed by atoms with Gasteiger partial charge in [-0.05, 0) is 42.8 Å². The Morgan fingerprint density at radius 3 is 2.52 bits per heavy atom. The Kier molecular flexibility index (Phi) is 4.75. The maximum absolute atomic E-state index is 12.6. The first-order chi connectivity index (χ1) is 9.88. The van der Waals surface area contributed by atoms with E-state index in [1.807, 2.05) is 49.4 Å². The molecule has 5 heteroatoms. The lowest BCUT2D eigenvalue weighted by Gasteiger charge is -2.18. The second-order valence-corrected chi connectivity index (χ2v) is 6.15. The third kappa shape index (κ3) is 3.68. The van der Waals surface area contributed by atoms with Gasteiger partial charge in [0.25, 0.3) is 5.91 Å². The molecule has 0 aliphatic heterocycles. The van der Waals surface area contributed by atoms with Crippen LogP contribution in [0, 0.1) is 6.92 Å². The molecule has 0 aliphatic carbocycles. The molecular weight excluding hydrogens is 348 g/mol. The third-order valence-electron chi connectivity index (χ3n) is 3.11. The molecule has 0 saturated heterocycles. The summed E-state index contributed by atoms with van der Waals surface area (Å²) >= 11 is 8.38. The maximum atomic E-state index is 12.6. The summed E-state index contributed by atoms with van der Waals surface area (Å²) in [6.45, 7) is 1.95. The number of thiocarbonyl (C=S) groups is 1. The molecular formula is C16H15BrN2OS. The lowest BCUT2D eigenvalue weighted by atomic mass is 10.1. The largest absolute Gasteiger partial charge is 0.389 e. The van der Waals surface area contributed by atoms with E-state index in [9.17, 15) is 4.79 Å². The van der Waals surface area contributed by atoms with E-state index in [0.717, 1.165) is 21.3 Å². The fraction of sp³-hybridized carbons (Fsp3) is 0.125. The summed E-state index contributed by atoms with van der Waals surface area (Å²) in [6, 6.07) is 13.0. The molecule has 0 unspecified atom stereocenters. The average molecular weight is 363 g/mol. The number of carbonyl (C=O) groups excluding carboxylic acids is 1. The number of nitrogens with zero attached hydrogens (tertiary/aromatic N) is 1. The Hall–Kier alpha value is -1.72. The summed E-state index contributed by atoms with van der Waals surface area (Å²) in [4.78, 5) is 14.5. The maximum Gasteiger partial charge on any atom is 0.258 e. The Morgan fingerprint density at radius 2 is 1.90 bits per heavy atom. The van der Waals surface area contributed by atoms with E-state index in [-0.39, 0.29) is 5.91 Å². The topological polar surface area (TPSA) is 46.3 Å². The number of amides is 1. The van der Waals surface area contributed by atoms with Crippen LogP contribution in [0.15, 0.2) is 46.9 Å². The fourth-order valence-electron chi connectivity index (χ4n) is 2.04. The van der Waals surface area contributed by atoms with Gasteiger partial charge in [-0.1, -0.05) is 40.3 Å². The van der Waals surface area contributed by atoms with Gasteiger partial charge in [0.05, 0.1) is 0 Å². The van der Waals surface area contributed by atoms with Crippen molar-refractivity contribution >= 4 is 44.7 Å². The van der Waals surface area contributed by atoms with Gasteiger partial charge in [0.1, 0.15) is 4.99 Å². The molecule has 3 nitrogen and oxygen atoms in total. The molecule has 0 atom stereocenters. The van der Waals surface area contributed by atoms with Crippen LogP contribution in [0.2, 0.25) is 0 Å². The second-order valence-electron chi connectivity index (χ2n) is 4.80. The van der Waals surface area contributed by atoms with E-state index in [0.29, 0.717) is 10.6 Å². The van der Waals surface area contributed by atoms with Crippen molar-refractivity contribution in [3.05, 3.63) is 63.6 Å². The number of halogens is 1. The Bertz CT molecular complexity index is 695. The van der Waals surface area contributed by atoms with Crippen LogP contribution in [0.3, 0.4) is 0 Å². The molecule has 108 valence electrons. The molecule has 0 radical (unpaired) electrons. The molecule has 1 amide bonds. The van der Waals surface area contributed by atoms with Crippen molar-refractivity contribution in [2.75, 3.05) is 11.9 Å². The number of anilines is 1. The van der Waals surface area contributed by atoms with Crippen LogP contribution >= 0.6 is 28.1 Å². The lowest BCUT2D eigenvalue weighted by molar-refractivity contribution is 0.0993. The van der Waals surface area contributed by atoms with Crippen LogP contribution in [0.5, 0.6) is 0 Å². The Morgan fingerprint density at radius 1 is 1.19 bits per heavy atom. The van der Waals surface area contributed by atoms with Crippen LogP contribution < -0.4 is 10.6 Å². The van der Waals surface area contributed by atoms with Gasteiger partial charge in [-0.2, -0.15) is 0 Å². The molecule has 0 heterocycles. The molecule has 0 spiro atoms. The number of carbonyl (C=O) groups is 1. The molecule has 0 bridgehead atoms. The minimum absolute atomic E-state index is 0.0838. The Balaban J connectivity index is 2.34. The molecule has 21 heavy (non-hydrogen) atoms. The highest BCUT2D eigenvalue weighted by atomic mass is 79.9. The molecule has 2 aromatic rings. The highest BCUT2D eigenvalue weighted by Crippen LogP contribution is 2.20. The predicted molar refractivity (Wildman–Crippen MR) is 93.9 cm³/mol. The summed E-state index contributed by atoms with van der Waals surface area (Å²) in [6.07, 6.45) is 0. The van der Waals surface area contributed by atoms with Gasteiger partial charge in [0, 0.05) is 28.3 Å². The highest BCUT2D eigenvalue weighted by molar-refractivity contribution is 9.10. The van der Waals surface area contributed by atoms with Gasteiger partial charge in [0.2, 0.25) is 0 Å². The molecule has 0 fully saturated rings. The van der Waals surface area contributed by atoms with E-state index in [1.165, 1.54) is 0 Å². The summed E-state index contributed by atoms with van der Waals surface area (Å²) < 4.78 is 0.885. The summed E-state index contributed by atoms with van der Waals surface area (Å²) in [7, 11) is 1.73. The first kappa shape index (κ1) is 15.7. The van der Waals surface area contributed by atoms with Crippen LogP contribution in [-0.2, 0) is 0 Å². The predicted octanol–water partition coefficient (Wildman–Crippen LogP) is 3.67. The van der Waals surface area contributed by atoms with Gasteiger partial charge in [-0.3, -0.25) is 4.79 Å². The lowest BCUT2D eigenvalue weighted by Crippen LogP contribution is -2.26. The van der Waals surface area contributed by atoms with E-state index >= 15 is 0 Å². The van der Waals surface area contributed by atoms with Crippen molar-refractivity contribution in [2.45, 2.75) is 6.92 Å². The summed E-state index contributed by atoms with van der Waals surface area (Å²) in [5.41, 5.74) is 8.78. The number of benzene rings is 2. The van der Waals surface area contributed by atoms with Crippen LogP contribution in [-0.4, -0.2) is 17.9 Å². The van der Waals surface area contributed by atoms with Crippen molar-refractivity contribution in [2.24, 2.45) is 5.73 Å². The zero-order valence-corrected chi connectivity index (χ0v) is 14.2. The SMILES string of the molecule is Cc1cc(Br)cc(C(=O)N(C)c2cccc(C(N)=S)c2)c1. The van der Waals surface area contributed by atoms with Gasteiger partial charge >= 0.3 is 0 Å². The normalized spacial score (nSPS) is 10.2. The minimum Gasteiger partial charge on any atom is -0.389 e. The first-order valence-electron chi connectivity index (χ1n) is 6.33. The van der Waals surface area contributed by atoms with Gasteiger partial charge < -0.3 is 10.6 Å². The number of rotatable bonds is 3. The molecule has 2 N–H and O–H groups in total. The third-order valence-corrected chi connectivity index (χ3v) is 3.81. The van der Waals surface area contributed by atoms with Gasteiger partial charge in [0.15, 0.2) is 0 Å². The quantitative estimate of drug-likeness (QED) is 0.847. The van der Waals surface area contributed by atoms with Gasteiger partial charge in [-0.25, -0.2) is 0 Å².